The van der Waals surface area contributed by atoms with Gasteiger partial charge in [-0.2, -0.15) is 0 Å². The van der Waals surface area contributed by atoms with Crippen LogP contribution in [0.5, 0.6) is 5.75 Å². The number of likely N-dealkylation sites (tertiary alicyclic amines) is 1. The van der Waals surface area contributed by atoms with Crippen LogP contribution in [0.15, 0.2) is 72.8 Å². The zero-order valence-electron chi connectivity index (χ0n) is 23.1. The summed E-state index contributed by atoms with van der Waals surface area (Å²) in [5, 5.41) is 14.8. The Labute approximate surface area is 241 Å². The lowest BCUT2D eigenvalue weighted by Gasteiger charge is -2.31. The smallest absolute Gasteiger partial charge is 0.311 e. The molecule has 4 unspecified atom stereocenters. The number of benzene rings is 3. The molecule has 5 rings (SSSR count). The lowest BCUT2D eigenvalue weighted by Crippen LogP contribution is -2.49. The summed E-state index contributed by atoms with van der Waals surface area (Å²) < 4.78 is 23.9. The van der Waals surface area contributed by atoms with Gasteiger partial charge >= 0.3 is 11.7 Å². The molecule has 3 aromatic carbocycles. The monoisotopic (exact) mass is 575 g/mol. The molecule has 1 saturated carbocycles. The number of hydrogen-bond donors (Lipinski definition) is 1. The highest BCUT2D eigenvalue weighted by Gasteiger charge is 2.59. The van der Waals surface area contributed by atoms with Crippen molar-refractivity contribution in [3.8, 4) is 5.75 Å². The van der Waals surface area contributed by atoms with Crippen LogP contribution in [0.3, 0.4) is 0 Å². The number of halogens is 1. The second-order valence-corrected chi connectivity index (χ2v) is 10.4. The highest BCUT2D eigenvalue weighted by molar-refractivity contribution is 5.94. The third-order valence-electron chi connectivity index (χ3n) is 7.90. The number of ether oxygens (including phenoxy) is 2. The van der Waals surface area contributed by atoms with Crippen molar-refractivity contribution in [1.82, 2.24) is 10.2 Å². The maximum Gasteiger partial charge on any atom is 0.311 e. The number of esters is 1. The molecule has 10 nitrogen and oxygen atoms in total. The lowest BCUT2D eigenvalue weighted by molar-refractivity contribution is -0.385. The molecule has 2 aliphatic rings. The van der Waals surface area contributed by atoms with Gasteiger partial charge in [0.2, 0.25) is 11.8 Å². The largest absolute Gasteiger partial charge is 0.490 e. The summed E-state index contributed by atoms with van der Waals surface area (Å²) in [5.74, 6) is -4.10. The van der Waals surface area contributed by atoms with E-state index in [0.29, 0.717) is 29.5 Å². The molecule has 2 amide bonds. The van der Waals surface area contributed by atoms with E-state index >= 15 is 0 Å². The molecule has 1 N–H and O–H groups in total. The van der Waals surface area contributed by atoms with E-state index in [-0.39, 0.29) is 29.8 Å². The van der Waals surface area contributed by atoms with E-state index in [4.69, 9.17) is 9.47 Å². The summed E-state index contributed by atoms with van der Waals surface area (Å²) in [5.41, 5.74) is 1.25. The van der Waals surface area contributed by atoms with Gasteiger partial charge in [-0.15, -0.1) is 0 Å². The Kier molecular flexibility index (Phi) is 8.19. The molecule has 0 bridgehead atoms. The van der Waals surface area contributed by atoms with Crippen molar-refractivity contribution in [3.63, 3.8) is 0 Å². The Morgan fingerprint density at radius 2 is 1.69 bits per heavy atom. The van der Waals surface area contributed by atoms with E-state index in [1.165, 1.54) is 43.4 Å². The summed E-state index contributed by atoms with van der Waals surface area (Å²) in [6, 6.07) is 16.6. The van der Waals surface area contributed by atoms with Crippen molar-refractivity contribution in [2.45, 2.75) is 37.4 Å². The highest BCUT2D eigenvalue weighted by atomic mass is 19.1. The second kappa shape index (κ2) is 12.0. The van der Waals surface area contributed by atoms with E-state index in [2.05, 4.69) is 5.32 Å². The van der Waals surface area contributed by atoms with E-state index in [9.17, 15) is 28.9 Å². The van der Waals surface area contributed by atoms with Crippen LogP contribution < -0.4 is 10.1 Å². The zero-order chi connectivity index (χ0) is 30.0. The van der Waals surface area contributed by atoms with E-state index in [1.54, 1.807) is 48.5 Å². The van der Waals surface area contributed by atoms with Gasteiger partial charge in [-0.25, -0.2) is 4.39 Å². The number of nitro benzene ring substituents is 1. The van der Waals surface area contributed by atoms with E-state index in [1.807, 2.05) is 0 Å². The number of methoxy groups -OCH3 is 2. The van der Waals surface area contributed by atoms with Crippen LogP contribution in [0.1, 0.15) is 41.5 Å². The SMILES string of the molecule is COC(=O)C1C(c2ccccc2)C(C(=O)NCc2ccc(F)cc2)N(C(=O)C2CC2)C1c1ccc(OC)c([N+](=O)[O-])c1. The van der Waals surface area contributed by atoms with Crippen molar-refractivity contribution in [2.24, 2.45) is 11.8 Å². The number of nitro groups is 1. The van der Waals surface area contributed by atoms with Gasteiger partial charge in [-0.1, -0.05) is 48.5 Å². The quantitative estimate of drug-likeness (QED) is 0.229. The molecular formula is C31H30FN3O7. The zero-order valence-corrected chi connectivity index (χ0v) is 23.1. The molecular weight excluding hydrogens is 545 g/mol. The number of carbonyl (C=O) groups excluding carboxylic acids is 3. The average molecular weight is 576 g/mol. The van der Waals surface area contributed by atoms with Crippen molar-refractivity contribution in [2.75, 3.05) is 14.2 Å². The average Bonchev–Trinajstić information content (AvgIpc) is 3.80. The molecule has 3 aromatic rings. The Morgan fingerprint density at radius 1 is 1.00 bits per heavy atom. The fraction of sp³-hybridized carbons (Fsp3) is 0.323. The van der Waals surface area contributed by atoms with Gasteiger partial charge in [0, 0.05) is 24.4 Å². The molecule has 42 heavy (non-hydrogen) atoms. The van der Waals surface area contributed by atoms with Gasteiger partial charge in [0.15, 0.2) is 5.75 Å². The van der Waals surface area contributed by atoms with Gasteiger partial charge in [0.1, 0.15) is 11.9 Å². The Balaban J connectivity index is 1.66. The minimum atomic E-state index is -1.14. The highest BCUT2D eigenvalue weighted by Crippen LogP contribution is 2.53. The number of nitrogens with zero attached hydrogens (tertiary/aromatic N) is 2. The van der Waals surface area contributed by atoms with Crippen LogP contribution in [-0.4, -0.2) is 47.9 Å². The Morgan fingerprint density at radius 3 is 2.29 bits per heavy atom. The molecule has 2 fully saturated rings. The molecule has 1 aliphatic carbocycles. The topological polar surface area (TPSA) is 128 Å². The molecule has 1 saturated heterocycles. The van der Waals surface area contributed by atoms with Crippen LogP contribution >= 0.6 is 0 Å². The van der Waals surface area contributed by atoms with Gasteiger partial charge in [-0.3, -0.25) is 24.5 Å². The maximum absolute atomic E-state index is 14.1. The Hall–Kier alpha value is -4.80. The number of carbonyl (C=O) groups is 3. The summed E-state index contributed by atoms with van der Waals surface area (Å²) in [4.78, 5) is 54.4. The predicted molar refractivity (Wildman–Crippen MR) is 149 cm³/mol. The number of amides is 2. The van der Waals surface area contributed by atoms with Crippen molar-refractivity contribution >= 4 is 23.5 Å². The molecule has 1 aliphatic heterocycles. The van der Waals surface area contributed by atoms with Crippen molar-refractivity contribution in [3.05, 3.63) is 105 Å². The van der Waals surface area contributed by atoms with E-state index < -0.39 is 46.5 Å². The maximum atomic E-state index is 14.1. The predicted octanol–water partition coefficient (Wildman–Crippen LogP) is 4.29. The van der Waals surface area contributed by atoms with Gasteiger partial charge in [0.25, 0.3) is 0 Å². The summed E-state index contributed by atoms with van der Waals surface area (Å²) in [6.45, 7) is 0.0597. The summed E-state index contributed by atoms with van der Waals surface area (Å²) in [6.07, 6.45) is 1.27. The van der Waals surface area contributed by atoms with E-state index in [0.717, 1.165) is 0 Å². The standard InChI is InChI=1S/C31H30FN3O7/c1-41-24-15-12-21(16-23(24)35(39)40)27-26(31(38)42-2)25(19-6-4-3-5-7-19)28(34(27)30(37)20-10-11-20)29(36)33-17-18-8-13-22(32)14-9-18/h3-9,12-16,20,25-28H,10-11,17H2,1-2H3,(H,33,36). The first-order valence-electron chi connectivity index (χ1n) is 13.5. The van der Waals surface area contributed by atoms with Crippen molar-refractivity contribution < 1.29 is 33.2 Å². The van der Waals surface area contributed by atoms with Crippen LogP contribution in [-0.2, 0) is 25.7 Å². The molecule has 1 heterocycles. The number of rotatable bonds is 9. The minimum Gasteiger partial charge on any atom is -0.490 e. The van der Waals surface area contributed by atoms with Crippen LogP contribution in [0, 0.1) is 27.8 Å². The minimum absolute atomic E-state index is 0.0182. The first-order chi connectivity index (χ1) is 20.2. The first kappa shape index (κ1) is 28.7. The van der Waals surface area contributed by atoms with Crippen LogP contribution in [0.2, 0.25) is 0 Å². The van der Waals surface area contributed by atoms with Crippen LogP contribution in [0.4, 0.5) is 10.1 Å². The third kappa shape index (κ3) is 5.54. The number of hydrogen-bond acceptors (Lipinski definition) is 7. The van der Waals surface area contributed by atoms with Gasteiger partial charge in [-0.05, 0) is 47.7 Å². The number of nitrogens with one attached hydrogen (secondary N) is 1. The summed E-state index contributed by atoms with van der Waals surface area (Å²) in [7, 11) is 2.54. The fourth-order valence-corrected chi connectivity index (χ4v) is 5.79. The van der Waals surface area contributed by atoms with Gasteiger partial charge in [0.05, 0.1) is 31.1 Å². The normalized spacial score (nSPS) is 21.5. The Bertz CT molecular complexity index is 1490. The van der Waals surface area contributed by atoms with Crippen molar-refractivity contribution in [1.29, 1.82) is 0 Å². The fourth-order valence-electron chi connectivity index (χ4n) is 5.79. The second-order valence-electron chi connectivity index (χ2n) is 10.4. The lowest BCUT2D eigenvalue weighted by atomic mass is 9.79. The molecule has 4 atom stereocenters. The molecule has 218 valence electrons. The molecule has 0 aromatic heterocycles. The molecule has 11 heteroatoms. The molecule has 0 spiro atoms. The first-order valence-corrected chi connectivity index (χ1v) is 13.5. The molecule has 0 radical (unpaired) electrons. The summed E-state index contributed by atoms with van der Waals surface area (Å²) >= 11 is 0. The van der Waals surface area contributed by atoms with Gasteiger partial charge < -0.3 is 19.7 Å². The van der Waals surface area contributed by atoms with Crippen LogP contribution in [0.25, 0.3) is 0 Å². The third-order valence-corrected chi connectivity index (χ3v) is 7.90.